The molecule has 0 radical (unpaired) electrons. The lowest BCUT2D eigenvalue weighted by atomic mass is 9.93. The number of rotatable bonds is 9. The molecular weight excluding hydrogens is 383 g/mol. The quantitative estimate of drug-likeness (QED) is 0.379. The summed E-state index contributed by atoms with van der Waals surface area (Å²) in [6, 6.07) is 6.36. The highest BCUT2D eigenvalue weighted by Crippen LogP contribution is 2.52. The average molecular weight is 412 g/mol. The first-order valence-corrected chi connectivity index (χ1v) is 10.1. The SMILES string of the molecule is CCC1(CCCc2cccc(CCCC3(I)CC3)c2O)CC1. The van der Waals surface area contributed by atoms with Gasteiger partial charge in [0.15, 0.2) is 0 Å². The maximum atomic E-state index is 10.5. The number of benzene rings is 1. The van der Waals surface area contributed by atoms with Crippen molar-refractivity contribution in [3.8, 4) is 5.75 Å². The number of hydrogen-bond acceptors (Lipinski definition) is 1. The van der Waals surface area contributed by atoms with Gasteiger partial charge in [-0.1, -0.05) is 54.1 Å². The van der Waals surface area contributed by atoms with Gasteiger partial charge in [-0.15, -0.1) is 0 Å². The Labute approximate surface area is 149 Å². The molecule has 2 fully saturated rings. The van der Waals surface area contributed by atoms with Crippen LogP contribution in [-0.4, -0.2) is 8.53 Å². The van der Waals surface area contributed by atoms with Crippen LogP contribution in [0.15, 0.2) is 18.2 Å². The molecule has 2 heteroatoms. The van der Waals surface area contributed by atoms with Crippen molar-refractivity contribution < 1.29 is 5.11 Å². The van der Waals surface area contributed by atoms with Crippen LogP contribution < -0.4 is 0 Å². The monoisotopic (exact) mass is 412 g/mol. The number of phenolic OH excluding ortho intramolecular Hbond substituents is 1. The number of halogens is 1. The minimum absolute atomic E-state index is 0.585. The topological polar surface area (TPSA) is 20.2 Å². The molecule has 0 unspecified atom stereocenters. The zero-order valence-electron chi connectivity index (χ0n) is 13.8. The Morgan fingerprint density at radius 3 is 2.09 bits per heavy atom. The average Bonchev–Trinajstić information content (AvgIpc) is 3.42. The van der Waals surface area contributed by atoms with Crippen LogP contribution in [0.2, 0.25) is 0 Å². The molecule has 1 aromatic rings. The van der Waals surface area contributed by atoms with Gasteiger partial charge in [-0.25, -0.2) is 0 Å². The summed E-state index contributed by atoms with van der Waals surface area (Å²) in [6.07, 6.45) is 14.1. The molecule has 0 spiro atoms. The van der Waals surface area contributed by atoms with Gasteiger partial charge in [0.2, 0.25) is 0 Å². The maximum absolute atomic E-state index is 10.5. The molecule has 0 saturated heterocycles. The molecule has 0 bridgehead atoms. The lowest BCUT2D eigenvalue weighted by Gasteiger charge is -2.14. The van der Waals surface area contributed by atoms with Gasteiger partial charge in [0.05, 0.1) is 0 Å². The van der Waals surface area contributed by atoms with Gasteiger partial charge >= 0.3 is 0 Å². The summed E-state index contributed by atoms with van der Waals surface area (Å²) in [5.41, 5.74) is 3.00. The molecule has 1 nitrogen and oxygen atoms in total. The molecular formula is C20H29IO. The Bertz CT molecular complexity index is 514. The second-order valence-electron chi connectivity index (χ2n) is 7.64. The van der Waals surface area contributed by atoms with Gasteiger partial charge in [-0.2, -0.15) is 0 Å². The van der Waals surface area contributed by atoms with E-state index in [0.29, 0.717) is 14.6 Å². The van der Waals surface area contributed by atoms with Crippen molar-refractivity contribution >= 4 is 22.6 Å². The fraction of sp³-hybridized carbons (Fsp3) is 0.700. The van der Waals surface area contributed by atoms with Crippen LogP contribution in [0, 0.1) is 5.41 Å². The highest BCUT2D eigenvalue weighted by molar-refractivity contribution is 14.1. The van der Waals surface area contributed by atoms with Crippen LogP contribution in [-0.2, 0) is 12.8 Å². The van der Waals surface area contributed by atoms with Crippen molar-refractivity contribution in [2.45, 2.75) is 81.0 Å². The summed E-state index contributed by atoms with van der Waals surface area (Å²) < 4.78 is 0.601. The van der Waals surface area contributed by atoms with Crippen LogP contribution in [0.25, 0.3) is 0 Å². The predicted octanol–water partition coefficient (Wildman–Crippen LogP) is 6.20. The first-order chi connectivity index (χ1) is 10.6. The summed E-state index contributed by atoms with van der Waals surface area (Å²) in [7, 11) is 0. The highest BCUT2D eigenvalue weighted by atomic mass is 127. The maximum Gasteiger partial charge on any atom is 0.121 e. The van der Waals surface area contributed by atoms with Gasteiger partial charge in [0, 0.05) is 3.42 Å². The minimum Gasteiger partial charge on any atom is -0.507 e. The van der Waals surface area contributed by atoms with Crippen LogP contribution in [0.1, 0.15) is 75.8 Å². The van der Waals surface area contributed by atoms with Crippen molar-refractivity contribution in [2.24, 2.45) is 5.41 Å². The third kappa shape index (κ3) is 4.18. The van der Waals surface area contributed by atoms with Crippen LogP contribution in [0.4, 0.5) is 0 Å². The van der Waals surface area contributed by atoms with Crippen LogP contribution in [0.5, 0.6) is 5.75 Å². The van der Waals surface area contributed by atoms with E-state index < -0.39 is 0 Å². The molecule has 0 amide bonds. The van der Waals surface area contributed by atoms with Crippen LogP contribution in [0.3, 0.4) is 0 Å². The first-order valence-electron chi connectivity index (χ1n) is 9.05. The molecule has 1 N–H and O–H groups in total. The van der Waals surface area contributed by atoms with E-state index in [1.54, 1.807) is 0 Å². The normalized spacial score (nSPS) is 20.8. The standard InChI is InChI=1S/C20H29IO/c1-2-19(12-13-19)10-4-8-16-6-3-7-17(18(16)22)9-5-11-20(21)14-15-20/h3,6-7,22H,2,4-5,8-15H2,1H3. The summed E-state index contributed by atoms with van der Waals surface area (Å²) in [5.74, 6) is 0.585. The lowest BCUT2D eigenvalue weighted by Crippen LogP contribution is -2.00. The van der Waals surface area contributed by atoms with Gasteiger partial charge in [0.1, 0.15) is 5.75 Å². The van der Waals surface area contributed by atoms with Crippen molar-refractivity contribution in [1.29, 1.82) is 0 Å². The van der Waals surface area contributed by atoms with Gasteiger partial charge in [-0.05, 0) is 80.8 Å². The minimum atomic E-state index is 0.585. The molecule has 122 valence electrons. The fourth-order valence-electron chi connectivity index (χ4n) is 3.64. The van der Waals surface area contributed by atoms with E-state index in [9.17, 15) is 5.11 Å². The van der Waals surface area contributed by atoms with Gasteiger partial charge in [-0.3, -0.25) is 0 Å². The molecule has 3 rings (SSSR count). The van der Waals surface area contributed by atoms with E-state index >= 15 is 0 Å². The number of aryl methyl sites for hydroxylation is 2. The summed E-state index contributed by atoms with van der Waals surface area (Å²) in [5, 5.41) is 10.5. The fourth-order valence-corrected chi connectivity index (χ4v) is 4.29. The molecule has 2 saturated carbocycles. The van der Waals surface area contributed by atoms with E-state index in [0.717, 1.165) is 18.4 Å². The Balaban J connectivity index is 1.49. The molecule has 22 heavy (non-hydrogen) atoms. The highest BCUT2D eigenvalue weighted by Gasteiger charge is 2.39. The molecule has 2 aliphatic rings. The largest absolute Gasteiger partial charge is 0.507 e. The number of para-hydroxylation sites is 1. The van der Waals surface area contributed by atoms with Crippen molar-refractivity contribution in [3.63, 3.8) is 0 Å². The summed E-state index contributed by atoms with van der Waals surface area (Å²) in [6.45, 7) is 2.32. The van der Waals surface area contributed by atoms with E-state index in [-0.39, 0.29) is 0 Å². The zero-order valence-corrected chi connectivity index (χ0v) is 16.0. The number of alkyl halides is 1. The second-order valence-corrected chi connectivity index (χ2v) is 9.92. The van der Waals surface area contributed by atoms with E-state index in [2.05, 4.69) is 47.7 Å². The van der Waals surface area contributed by atoms with Crippen molar-refractivity contribution in [2.75, 3.05) is 0 Å². The summed E-state index contributed by atoms with van der Waals surface area (Å²) in [4.78, 5) is 0. The second kappa shape index (κ2) is 6.70. The molecule has 0 atom stereocenters. The van der Waals surface area contributed by atoms with Gasteiger partial charge in [0.25, 0.3) is 0 Å². The van der Waals surface area contributed by atoms with Crippen molar-refractivity contribution in [3.05, 3.63) is 29.3 Å². The van der Waals surface area contributed by atoms with E-state index in [1.165, 1.54) is 63.4 Å². The Morgan fingerprint density at radius 1 is 1.00 bits per heavy atom. The first kappa shape index (κ1) is 16.6. The van der Waals surface area contributed by atoms with E-state index in [4.69, 9.17) is 0 Å². The van der Waals surface area contributed by atoms with E-state index in [1.807, 2.05) is 0 Å². The Morgan fingerprint density at radius 2 is 1.59 bits per heavy atom. The molecule has 2 aliphatic carbocycles. The third-order valence-corrected chi connectivity index (χ3v) is 7.55. The number of hydrogen-bond donors (Lipinski definition) is 1. The molecule has 1 aromatic carbocycles. The molecule has 0 aromatic heterocycles. The van der Waals surface area contributed by atoms with Crippen molar-refractivity contribution in [1.82, 2.24) is 0 Å². The third-order valence-electron chi connectivity index (χ3n) is 5.93. The Hall–Kier alpha value is -0.250. The number of aromatic hydroxyl groups is 1. The summed E-state index contributed by atoms with van der Waals surface area (Å²) >= 11 is 2.62. The zero-order chi connectivity index (χ0) is 15.6. The lowest BCUT2D eigenvalue weighted by molar-refractivity contribution is 0.426. The number of phenols is 1. The van der Waals surface area contributed by atoms with Gasteiger partial charge < -0.3 is 5.11 Å². The van der Waals surface area contributed by atoms with Crippen LogP contribution >= 0.6 is 22.6 Å². The molecule has 0 heterocycles. The smallest absolute Gasteiger partial charge is 0.121 e. The Kier molecular flexibility index (Phi) is 5.06. The molecule has 0 aliphatic heterocycles. The predicted molar refractivity (Wildman–Crippen MR) is 102 cm³/mol.